The summed E-state index contributed by atoms with van der Waals surface area (Å²) in [5.74, 6) is -0.425. The average Bonchev–Trinajstić information content (AvgIpc) is 2.61. The molecule has 0 aliphatic rings. The Morgan fingerprint density at radius 1 is 1.12 bits per heavy atom. The van der Waals surface area contributed by atoms with Crippen molar-refractivity contribution in [3.8, 4) is 5.75 Å². The lowest BCUT2D eigenvalue weighted by atomic mass is 10.0. The van der Waals surface area contributed by atoms with E-state index in [1.807, 2.05) is 32.0 Å². The van der Waals surface area contributed by atoms with Crippen LogP contribution in [-0.4, -0.2) is 30.1 Å². The molecule has 0 radical (unpaired) electrons. The van der Waals surface area contributed by atoms with Crippen molar-refractivity contribution >= 4 is 17.6 Å². The second-order valence-electron chi connectivity index (χ2n) is 6.32. The summed E-state index contributed by atoms with van der Waals surface area (Å²) in [7, 11) is 1.57. The molecule has 0 aliphatic carbocycles. The van der Waals surface area contributed by atoms with Crippen molar-refractivity contribution in [2.45, 2.75) is 26.4 Å². The fraction of sp³-hybridized carbons (Fsp3) is 0.300. The standard InChI is InChI=1S/C20H24N2O4/c1-13(2)18(20(24)25)21-12-14-5-4-6-16(11-14)22-19(23)15-7-9-17(26-3)10-8-15/h4-11,13,18,21H,12H2,1-3H3,(H,22,23)(H,24,25)/t18-/m0/s1. The third kappa shape index (κ3) is 5.32. The summed E-state index contributed by atoms with van der Waals surface area (Å²) in [6.45, 7) is 4.12. The Hall–Kier alpha value is -2.86. The number of amides is 1. The van der Waals surface area contributed by atoms with Gasteiger partial charge in [-0.1, -0.05) is 26.0 Å². The van der Waals surface area contributed by atoms with Crippen LogP contribution >= 0.6 is 0 Å². The highest BCUT2D eigenvalue weighted by Crippen LogP contribution is 2.15. The fourth-order valence-electron chi connectivity index (χ4n) is 2.54. The lowest BCUT2D eigenvalue weighted by Crippen LogP contribution is -2.40. The number of benzene rings is 2. The van der Waals surface area contributed by atoms with Gasteiger partial charge in [0.25, 0.3) is 5.91 Å². The molecular formula is C20H24N2O4. The van der Waals surface area contributed by atoms with Crippen molar-refractivity contribution in [2.24, 2.45) is 5.92 Å². The molecule has 1 atom stereocenters. The van der Waals surface area contributed by atoms with E-state index in [-0.39, 0.29) is 11.8 Å². The van der Waals surface area contributed by atoms with Crippen LogP contribution in [-0.2, 0) is 11.3 Å². The molecule has 6 heteroatoms. The van der Waals surface area contributed by atoms with Gasteiger partial charge in [0.2, 0.25) is 0 Å². The van der Waals surface area contributed by atoms with E-state index in [1.165, 1.54) is 0 Å². The molecular weight excluding hydrogens is 332 g/mol. The van der Waals surface area contributed by atoms with Gasteiger partial charge in [0.1, 0.15) is 11.8 Å². The molecule has 0 aromatic heterocycles. The lowest BCUT2D eigenvalue weighted by Gasteiger charge is -2.18. The van der Waals surface area contributed by atoms with Gasteiger partial charge in [-0.3, -0.25) is 9.59 Å². The maximum Gasteiger partial charge on any atom is 0.320 e. The summed E-state index contributed by atoms with van der Waals surface area (Å²) in [6, 6.07) is 13.6. The van der Waals surface area contributed by atoms with Crippen molar-refractivity contribution in [2.75, 3.05) is 12.4 Å². The van der Waals surface area contributed by atoms with E-state index in [1.54, 1.807) is 37.4 Å². The molecule has 2 rings (SSSR count). The summed E-state index contributed by atoms with van der Waals surface area (Å²) in [6.07, 6.45) is 0. The number of rotatable bonds is 8. The quantitative estimate of drug-likeness (QED) is 0.676. The third-order valence-corrected chi connectivity index (χ3v) is 4.00. The lowest BCUT2D eigenvalue weighted by molar-refractivity contribution is -0.140. The molecule has 0 bridgehead atoms. The zero-order valence-corrected chi connectivity index (χ0v) is 15.2. The monoisotopic (exact) mass is 356 g/mol. The van der Waals surface area contributed by atoms with Crippen LogP contribution in [0.2, 0.25) is 0 Å². The minimum atomic E-state index is -0.871. The van der Waals surface area contributed by atoms with Crippen LogP contribution in [0.25, 0.3) is 0 Å². The Balaban J connectivity index is 2.01. The van der Waals surface area contributed by atoms with Gasteiger partial charge in [-0.15, -0.1) is 0 Å². The van der Waals surface area contributed by atoms with Crippen LogP contribution < -0.4 is 15.4 Å². The summed E-state index contributed by atoms with van der Waals surface area (Å²) in [5.41, 5.74) is 2.08. The highest BCUT2D eigenvalue weighted by molar-refractivity contribution is 6.04. The molecule has 138 valence electrons. The molecule has 6 nitrogen and oxygen atoms in total. The topological polar surface area (TPSA) is 87.7 Å². The number of carbonyl (C=O) groups is 2. The van der Waals surface area contributed by atoms with E-state index in [4.69, 9.17) is 4.74 Å². The predicted molar refractivity (Wildman–Crippen MR) is 100 cm³/mol. The average molecular weight is 356 g/mol. The molecule has 2 aromatic rings. The Morgan fingerprint density at radius 3 is 2.38 bits per heavy atom. The molecule has 0 saturated heterocycles. The first-order valence-corrected chi connectivity index (χ1v) is 8.41. The van der Waals surface area contributed by atoms with Crippen LogP contribution in [0.1, 0.15) is 29.8 Å². The minimum absolute atomic E-state index is 0.0227. The number of anilines is 1. The van der Waals surface area contributed by atoms with Gasteiger partial charge in [-0.2, -0.15) is 0 Å². The minimum Gasteiger partial charge on any atom is -0.497 e. The summed E-state index contributed by atoms with van der Waals surface area (Å²) >= 11 is 0. The number of aliphatic carboxylic acids is 1. The predicted octanol–water partition coefficient (Wildman–Crippen LogP) is 3.15. The van der Waals surface area contributed by atoms with Crippen molar-refractivity contribution in [3.63, 3.8) is 0 Å². The Morgan fingerprint density at radius 2 is 1.81 bits per heavy atom. The van der Waals surface area contributed by atoms with Gasteiger partial charge < -0.3 is 20.5 Å². The van der Waals surface area contributed by atoms with Gasteiger partial charge >= 0.3 is 5.97 Å². The van der Waals surface area contributed by atoms with E-state index in [2.05, 4.69) is 10.6 Å². The maximum atomic E-state index is 12.3. The second kappa shape index (κ2) is 9.01. The number of carbonyl (C=O) groups excluding carboxylic acids is 1. The molecule has 1 amide bonds. The number of carboxylic acid groups (broad SMARTS) is 1. The smallest absolute Gasteiger partial charge is 0.320 e. The first kappa shape index (κ1) is 19.5. The van der Waals surface area contributed by atoms with E-state index in [9.17, 15) is 14.7 Å². The van der Waals surface area contributed by atoms with Crippen LogP contribution in [0.15, 0.2) is 48.5 Å². The Labute approximate surface area is 153 Å². The van der Waals surface area contributed by atoms with Crippen LogP contribution in [0.5, 0.6) is 5.75 Å². The summed E-state index contributed by atoms with van der Waals surface area (Å²) in [5, 5.41) is 15.1. The number of nitrogens with one attached hydrogen (secondary N) is 2. The molecule has 26 heavy (non-hydrogen) atoms. The molecule has 3 N–H and O–H groups in total. The van der Waals surface area contributed by atoms with E-state index >= 15 is 0 Å². The highest BCUT2D eigenvalue weighted by atomic mass is 16.5. The fourth-order valence-corrected chi connectivity index (χ4v) is 2.54. The van der Waals surface area contributed by atoms with E-state index < -0.39 is 12.0 Å². The first-order valence-electron chi connectivity index (χ1n) is 8.41. The van der Waals surface area contributed by atoms with Crippen LogP contribution in [0, 0.1) is 5.92 Å². The van der Waals surface area contributed by atoms with Gasteiger partial charge in [-0.05, 0) is 47.9 Å². The second-order valence-corrected chi connectivity index (χ2v) is 6.32. The molecule has 0 heterocycles. The molecule has 2 aromatic carbocycles. The summed E-state index contributed by atoms with van der Waals surface area (Å²) < 4.78 is 5.08. The number of hydrogen-bond acceptors (Lipinski definition) is 4. The largest absolute Gasteiger partial charge is 0.497 e. The van der Waals surface area contributed by atoms with E-state index in [0.717, 1.165) is 5.56 Å². The Kier molecular flexibility index (Phi) is 6.74. The van der Waals surface area contributed by atoms with Crippen molar-refractivity contribution < 1.29 is 19.4 Å². The highest BCUT2D eigenvalue weighted by Gasteiger charge is 2.20. The molecule has 0 saturated carbocycles. The molecule has 0 fully saturated rings. The zero-order valence-electron chi connectivity index (χ0n) is 15.2. The SMILES string of the molecule is COc1ccc(C(=O)Nc2cccc(CN[C@H](C(=O)O)C(C)C)c2)cc1. The number of methoxy groups -OCH3 is 1. The molecule has 0 unspecified atom stereocenters. The maximum absolute atomic E-state index is 12.3. The van der Waals surface area contributed by atoms with Crippen molar-refractivity contribution in [1.29, 1.82) is 0 Å². The van der Waals surface area contributed by atoms with Crippen molar-refractivity contribution in [1.82, 2.24) is 5.32 Å². The zero-order chi connectivity index (χ0) is 19.1. The van der Waals surface area contributed by atoms with Gasteiger partial charge in [0, 0.05) is 17.8 Å². The van der Waals surface area contributed by atoms with Gasteiger partial charge in [0.15, 0.2) is 0 Å². The first-order chi connectivity index (χ1) is 12.4. The van der Waals surface area contributed by atoms with Crippen molar-refractivity contribution in [3.05, 3.63) is 59.7 Å². The van der Waals surface area contributed by atoms with Gasteiger partial charge in [0.05, 0.1) is 7.11 Å². The van der Waals surface area contributed by atoms with Gasteiger partial charge in [-0.25, -0.2) is 0 Å². The normalized spacial score (nSPS) is 11.8. The molecule has 0 aliphatic heterocycles. The summed E-state index contributed by atoms with van der Waals surface area (Å²) in [4.78, 5) is 23.6. The number of carboxylic acids is 1. The third-order valence-electron chi connectivity index (χ3n) is 4.00. The molecule has 0 spiro atoms. The number of hydrogen-bond donors (Lipinski definition) is 3. The Bertz CT molecular complexity index is 757. The van der Waals surface area contributed by atoms with Crippen LogP contribution in [0.4, 0.5) is 5.69 Å². The number of ether oxygens (including phenoxy) is 1. The van der Waals surface area contributed by atoms with Crippen LogP contribution in [0.3, 0.4) is 0 Å². The van der Waals surface area contributed by atoms with E-state index in [0.29, 0.717) is 23.5 Å².